The van der Waals surface area contributed by atoms with Gasteiger partial charge in [0.25, 0.3) is 0 Å². The van der Waals surface area contributed by atoms with E-state index >= 15 is 0 Å². The van der Waals surface area contributed by atoms with Crippen molar-refractivity contribution >= 4 is 23.3 Å². The minimum absolute atomic E-state index is 0.0323. The van der Waals surface area contributed by atoms with E-state index in [1.807, 2.05) is 27.7 Å². The highest BCUT2D eigenvalue weighted by atomic mass is 16.5. The maximum atomic E-state index is 13.8. The van der Waals surface area contributed by atoms with Crippen molar-refractivity contribution < 1.29 is 34.1 Å². The van der Waals surface area contributed by atoms with Crippen LogP contribution in [0.5, 0.6) is 0 Å². The van der Waals surface area contributed by atoms with Gasteiger partial charge in [-0.1, -0.05) is 33.3 Å². The van der Waals surface area contributed by atoms with Crippen LogP contribution < -0.4 is 0 Å². The van der Waals surface area contributed by atoms with E-state index in [9.17, 15) is 29.4 Å². The van der Waals surface area contributed by atoms with Gasteiger partial charge in [0.05, 0.1) is 0 Å². The number of ether oxygens (including phenoxy) is 1. The molecular formula is C26H36O7. The molecule has 4 aliphatic rings. The van der Waals surface area contributed by atoms with Gasteiger partial charge < -0.3 is 14.9 Å². The van der Waals surface area contributed by atoms with Crippen molar-refractivity contribution in [2.45, 2.75) is 84.3 Å². The number of hydrogen-bond acceptors (Lipinski definition) is 7. The molecule has 7 nitrogen and oxygen atoms in total. The van der Waals surface area contributed by atoms with E-state index in [1.165, 1.54) is 0 Å². The Morgan fingerprint density at radius 1 is 1.21 bits per heavy atom. The number of esters is 1. The zero-order chi connectivity index (χ0) is 24.3. The summed E-state index contributed by atoms with van der Waals surface area (Å²) in [5.41, 5.74) is -2.55. The van der Waals surface area contributed by atoms with Gasteiger partial charge in [-0.2, -0.15) is 0 Å². The van der Waals surface area contributed by atoms with E-state index < -0.39 is 40.8 Å². The third-order valence-electron chi connectivity index (χ3n) is 9.34. The normalized spacial score (nSPS) is 42.3. The van der Waals surface area contributed by atoms with Crippen LogP contribution in [-0.4, -0.2) is 51.8 Å². The number of ketones is 3. The fraction of sp³-hybridized carbons (Fsp3) is 0.769. The summed E-state index contributed by atoms with van der Waals surface area (Å²) in [7, 11) is 0. The second-order valence-corrected chi connectivity index (χ2v) is 11.5. The molecule has 0 aromatic rings. The van der Waals surface area contributed by atoms with Crippen molar-refractivity contribution in [2.24, 2.45) is 34.5 Å². The van der Waals surface area contributed by atoms with E-state index in [0.717, 1.165) is 5.57 Å². The molecule has 0 aliphatic heterocycles. The summed E-state index contributed by atoms with van der Waals surface area (Å²) in [6.45, 7) is 6.87. The number of hydrogen-bond donors (Lipinski definition) is 2. The Kier molecular flexibility index (Phi) is 5.97. The van der Waals surface area contributed by atoms with Crippen LogP contribution in [0.1, 0.15) is 72.6 Å². The lowest BCUT2D eigenvalue weighted by molar-refractivity contribution is -0.181. The summed E-state index contributed by atoms with van der Waals surface area (Å²) >= 11 is 0. The second-order valence-electron chi connectivity index (χ2n) is 11.5. The third-order valence-corrected chi connectivity index (χ3v) is 9.34. The Balaban J connectivity index is 1.72. The van der Waals surface area contributed by atoms with Crippen molar-refractivity contribution in [1.82, 2.24) is 0 Å². The van der Waals surface area contributed by atoms with Crippen LogP contribution in [0.25, 0.3) is 0 Å². The van der Waals surface area contributed by atoms with Gasteiger partial charge in [-0.25, -0.2) is 0 Å². The minimum atomic E-state index is -1.71. The third kappa shape index (κ3) is 3.45. The molecule has 7 heteroatoms. The van der Waals surface area contributed by atoms with Gasteiger partial charge in [-0.05, 0) is 49.5 Å². The Hall–Kier alpha value is -1.86. The zero-order valence-corrected chi connectivity index (χ0v) is 20.1. The fourth-order valence-corrected chi connectivity index (χ4v) is 7.70. The Bertz CT molecular complexity index is 920. The monoisotopic (exact) mass is 460 g/mol. The molecule has 0 heterocycles. The molecule has 1 unspecified atom stereocenters. The summed E-state index contributed by atoms with van der Waals surface area (Å²) in [6.07, 6.45) is 3.42. The highest BCUT2D eigenvalue weighted by molar-refractivity contribution is 5.95. The summed E-state index contributed by atoms with van der Waals surface area (Å²) in [5.74, 6) is -1.59. The summed E-state index contributed by atoms with van der Waals surface area (Å²) in [4.78, 5) is 51.4. The molecule has 3 saturated carbocycles. The molecule has 3 fully saturated rings. The number of fused-ring (bicyclic) bond motifs is 5. The van der Waals surface area contributed by atoms with Gasteiger partial charge in [0.2, 0.25) is 0 Å². The predicted molar refractivity (Wildman–Crippen MR) is 119 cm³/mol. The number of aliphatic hydroxyl groups is 2. The van der Waals surface area contributed by atoms with Crippen molar-refractivity contribution in [3.8, 4) is 0 Å². The Morgan fingerprint density at radius 3 is 2.55 bits per heavy atom. The van der Waals surface area contributed by atoms with E-state index in [1.54, 1.807) is 6.08 Å². The van der Waals surface area contributed by atoms with Crippen molar-refractivity contribution in [3.05, 3.63) is 11.6 Å². The lowest BCUT2D eigenvalue weighted by Crippen LogP contribution is -2.63. The van der Waals surface area contributed by atoms with Gasteiger partial charge >= 0.3 is 5.97 Å². The number of aliphatic hydroxyl groups excluding tert-OH is 1. The molecule has 4 aliphatic carbocycles. The van der Waals surface area contributed by atoms with Crippen LogP contribution in [0.15, 0.2) is 11.6 Å². The van der Waals surface area contributed by atoms with Gasteiger partial charge in [0.15, 0.2) is 11.6 Å². The number of rotatable bonds is 5. The molecule has 0 amide bonds. The van der Waals surface area contributed by atoms with Crippen LogP contribution in [-0.2, 0) is 23.9 Å². The van der Waals surface area contributed by atoms with Crippen molar-refractivity contribution in [2.75, 3.05) is 6.61 Å². The molecule has 182 valence electrons. The number of carbonyl (C=O) groups is 4. The largest absolute Gasteiger partial charge is 0.461 e. The van der Waals surface area contributed by atoms with Gasteiger partial charge in [0.1, 0.15) is 24.1 Å². The summed E-state index contributed by atoms with van der Waals surface area (Å²) in [5, 5.41) is 20.8. The number of carbonyl (C=O) groups excluding carboxylic acids is 4. The first kappa shape index (κ1) is 24.3. The minimum Gasteiger partial charge on any atom is -0.461 e. The van der Waals surface area contributed by atoms with Crippen molar-refractivity contribution in [1.29, 1.82) is 0 Å². The molecule has 0 spiro atoms. The highest BCUT2D eigenvalue weighted by Gasteiger charge is 2.69. The predicted octanol–water partition coefficient (Wildman–Crippen LogP) is 2.56. The molecule has 0 aromatic heterocycles. The smallest absolute Gasteiger partial charge is 0.306 e. The SMILES string of the molecule is CC(C)CC(=O)OC1CC(=O)C=C2CC[C@H]3[C@@H]4CC[C@](O)(C(=O)CO)[C@@]4(C)CC(=O)[C@@H]3[C@]21C. The quantitative estimate of drug-likeness (QED) is 0.605. The van der Waals surface area contributed by atoms with Crippen LogP contribution in [0, 0.1) is 34.5 Å². The zero-order valence-electron chi connectivity index (χ0n) is 20.1. The molecular weight excluding hydrogens is 424 g/mol. The molecule has 2 N–H and O–H groups in total. The van der Waals surface area contributed by atoms with Crippen LogP contribution in [0.2, 0.25) is 0 Å². The molecule has 0 saturated heterocycles. The molecule has 4 rings (SSSR count). The van der Waals surface area contributed by atoms with Gasteiger partial charge in [-0.3, -0.25) is 19.2 Å². The van der Waals surface area contributed by atoms with Crippen LogP contribution in [0.4, 0.5) is 0 Å². The highest BCUT2D eigenvalue weighted by Crippen LogP contribution is 2.66. The maximum Gasteiger partial charge on any atom is 0.306 e. The molecule has 7 atom stereocenters. The molecule has 0 aromatic carbocycles. The first-order chi connectivity index (χ1) is 15.4. The summed E-state index contributed by atoms with van der Waals surface area (Å²) < 4.78 is 5.89. The molecule has 33 heavy (non-hydrogen) atoms. The van der Waals surface area contributed by atoms with Gasteiger partial charge in [0, 0.05) is 36.0 Å². The van der Waals surface area contributed by atoms with E-state index in [-0.39, 0.29) is 61.0 Å². The average molecular weight is 461 g/mol. The Labute approximate surface area is 194 Å². The first-order valence-corrected chi connectivity index (χ1v) is 12.2. The van der Waals surface area contributed by atoms with Crippen molar-refractivity contribution in [3.63, 3.8) is 0 Å². The topological polar surface area (TPSA) is 118 Å². The van der Waals surface area contributed by atoms with Crippen LogP contribution in [0.3, 0.4) is 0 Å². The van der Waals surface area contributed by atoms with Gasteiger partial charge in [-0.15, -0.1) is 0 Å². The van der Waals surface area contributed by atoms with E-state index in [4.69, 9.17) is 4.74 Å². The second kappa shape index (κ2) is 8.12. The number of Topliss-reactive ketones (excluding diaryl/α,β-unsaturated/α-hetero) is 2. The lowest BCUT2D eigenvalue weighted by Gasteiger charge is -2.59. The standard InChI is InChI=1S/C26H36O7/c1-14(2)9-22(31)33-21-11-16(28)10-15-5-6-17-18-7-8-26(32,20(30)13-27)24(18,3)12-19(29)23(17)25(15,21)4/h10,14,17-18,21,23,27,32H,5-9,11-13H2,1-4H3/t17-,18-,21?,23+,24-,25+,26-/m0/s1. The maximum absolute atomic E-state index is 13.8. The first-order valence-electron chi connectivity index (χ1n) is 12.2. The average Bonchev–Trinajstić information content (AvgIpc) is 2.99. The fourth-order valence-electron chi connectivity index (χ4n) is 7.70. The molecule has 0 radical (unpaired) electrons. The summed E-state index contributed by atoms with van der Waals surface area (Å²) in [6, 6.07) is 0. The van der Waals surface area contributed by atoms with Crippen LogP contribution >= 0.6 is 0 Å². The molecule has 0 bridgehead atoms. The van der Waals surface area contributed by atoms with E-state index in [0.29, 0.717) is 19.3 Å². The van der Waals surface area contributed by atoms with E-state index in [2.05, 4.69) is 0 Å². The Morgan fingerprint density at radius 2 is 1.91 bits per heavy atom. The lowest BCUT2D eigenvalue weighted by atomic mass is 9.45.